The Balaban J connectivity index is 1.94. The number of nitrogens with one attached hydrogen (secondary N) is 2. The molecule has 2 atom stereocenters. The smallest absolute Gasteiger partial charge is 0.0385 e. The summed E-state index contributed by atoms with van der Waals surface area (Å²) in [4.78, 5) is 2.59. The highest BCUT2D eigenvalue weighted by Crippen LogP contribution is 2.37. The molecule has 1 aliphatic heterocycles. The summed E-state index contributed by atoms with van der Waals surface area (Å²) in [6, 6.07) is 0.826. The second kappa shape index (κ2) is 4.79. The number of likely N-dealkylation sites (N-methyl/N-ethyl adjacent to an activating group) is 1. The number of allylic oxidation sites excluding steroid dienone is 1. The first-order valence-electron chi connectivity index (χ1n) is 5.96. The van der Waals surface area contributed by atoms with Crippen molar-refractivity contribution in [3.8, 4) is 0 Å². The van der Waals surface area contributed by atoms with Gasteiger partial charge in [-0.05, 0) is 37.8 Å². The van der Waals surface area contributed by atoms with Gasteiger partial charge in [0.15, 0.2) is 0 Å². The molecule has 0 aromatic rings. The van der Waals surface area contributed by atoms with Gasteiger partial charge in [0.05, 0.1) is 0 Å². The molecule has 2 N–H and O–H groups in total. The van der Waals surface area contributed by atoms with E-state index in [1.54, 1.807) is 0 Å². The molecule has 2 aliphatic rings. The molecule has 0 aromatic carbocycles. The van der Waals surface area contributed by atoms with Crippen LogP contribution in [0.3, 0.4) is 0 Å². The molecule has 3 heteroatoms. The van der Waals surface area contributed by atoms with Gasteiger partial charge >= 0.3 is 0 Å². The van der Waals surface area contributed by atoms with Crippen LogP contribution in [0.15, 0.2) is 11.8 Å². The van der Waals surface area contributed by atoms with E-state index in [9.17, 15) is 0 Å². The molecule has 1 saturated heterocycles. The fraction of sp³-hybridized carbons (Fsp3) is 0.750. The maximum Gasteiger partial charge on any atom is 0.0385 e. The highest BCUT2D eigenvalue weighted by atomic mass is 15.2. The quantitative estimate of drug-likeness (QED) is 0.688. The van der Waals surface area contributed by atoms with Gasteiger partial charge in [-0.15, -0.1) is 0 Å². The van der Waals surface area contributed by atoms with Gasteiger partial charge in [-0.3, -0.25) is 4.90 Å². The maximum atomic E-state index is 7.10. The Bertz CT molecular complexity index is 260. The number of likely N-dealkylation sites (tertiary alicyclic amines) is 1. The van der Waals surface area contributed by atoms with E-state index in [0.717, 1.165) is 24.2 Å². The monoisotopic (exact) mass is 207 g/mol. The van der Waals surface area contributed by atoms with Gasteiger partial charge in [0.1, 0.15) is 0 Å². The Morgan fingerprint density at radius 3 is 3.07 bits per heavy atom. The molecule has 0 spiro atoms. The summed E-state index contributed by atoms with van der Waals surface area (Å²) in [5, 5.41) is 10.3. The lowest BCUT2D eigenvalue weighted by Gasteiger charge is -2.24. The second-order valence-electron chi connectivity index (χ2n) is 4.63. The van der Waals surface area contributed by atoms with Crippen molar-refractivity contribution >= 4 is 6.21 Å². The lowest BCUT2D eigenvalue weighted by Crippen LogP contribution is -2.34. The molecule has 1 saturated carbocycles. The van der Waals surface area contributed by atoms with Crippen molar-refractivity contribution in [2.24, 2.45) is 5.92 Å². The number of fused-ring (bicyclic) bond motifs is 1. The summed E-state index contributed by atoms with van der Waals surface area (Å²) < 4.78 is 0. The highest BCUT2D eigenvalue weighted by molar-refractivity contribution is 5.68. The van der Waals surface area contributed by atoms with Crippen LogP contribution in [0.2, 0.25) is 0 Å². The van der Waals surface area contributed by atoms with Crippen LogP contribution in [0.5, 0.6) is 0 Å². The molecule has 0 aromatic heterocycles. The van der Waals surface area contributed by atoms with Gasteiger partial charge in [-0.2, -0.15) is 0 Å². The van der Waals surface area contributed by atoms with Crippen molar-refractivity contribution in [2.75, 3.05) is 20.1 Å². The molecule has 1 aliphatic carbocycles. The first kappa shape index (κ1) is 10.7. The minimum atomic E-state index is 0.826. The number of hydrogen-bond donors (Lipinski definition) is 2. The lowest BCUT2D eigenvalue weighted by atomic mass is 10.0. The van der Waals surface area contributed by atoms with E-state index in [4.69, 9.17) is 5.41 Å². The van der Waals surface area contributed by atoms with Crippen LogP contribution in [0, 0.1) is 11.3 Å². The van der Waals surface area contributed by atoms with E-state index in [0.29, 0.717) is 0 Å². The molecule has 0 bridgehead atoms. The third-order valence-electron chi connectivity index (χ3n) is 3.85. The van der Waals surface area contributed by atoms with Gasteiger partial charge in [-0.1, -0.05) is 6.42 Å². The van der Waals surface area contributed by atoms with Gasteiger partial charge in [0.25, 0.3) is 0 Å². The van der Waals surface area contributed by atoms with E-state index in [-0.39, 0.29) is 0 Å². The van der Waals surface area contributed by atoms with Crippen molar-refractivity contribution in [1.82, 2.24) is 10.2 Å². The average molecular weight is 207 g/mol. The van der Waals surface area contributed by atoms with Crippen LogP contribution < -0.4 is 5.32 Å². The predicted molar refractivity (Wildman–Crippen MR) is 63.2 cm³/mol. The molecule has 84 valence electrons. The van der Waals surface area contributed by atoms with E-state index in [2.05, 4.69) is 10.2 Å². The van der Waals surface area contributed by atoms with Crippen LogP contribution in [0.1, 0.15) is 25.7 Å². The molecule has 2 rings (SSSR count). The summed E-state index contributed by atoms with van der Waals surface area (Å²) in [5.41, 5.74) is 1.16. The minimum absolute atomic E-state index is 0.826. The highest BCUT2D eigenvalue weighted by Gasteiger charge is 2.37. The number of nitrogens with zero attached hydrogens (tertiary/aromatic N) is 1. The van der Waals surface area contributed by atoms with Gasteiger partial charge in [0.2, 0.25) is 0 Å². The van der Waals surface area contributed by atoms with Crippen LogP contribution in [0.25, 0.3) is 0 Å². The van der Waals surface area contributed by atoms with Gasteiger partial charge in [0, 0.05) is 31.5 Å². The maximum absolute atomic E-state index is 7.10. The molecule has 1 heterocycles. The summed E-state index contributed by atoms with van der Waals surface area (Å²) in [6.45, 7) is 2.24. The Hall–Kier alpha value is -0.830. The summed E-state index contributed by atoms with van der Waals surface area (Å²) in [6.07, 6.45) is 8.84. The first-order chi connectivity index (χ1) is 7.35. The lowest BCUT2D eigenvalue weighted by molar-refractivity contribution is 0.257. The zero-order valence-electron chi connectivity index (χ0n) is 9.50. The van der Waals surface area contributed by atoms with Crippen LogP contribution in [-0.4, -0.2) is 37.3 Å². The number of hydrogen-bond acceptors (Lipinski definition) is 3. The molecular formula is C12H21N3. The Morgan fingerprint density at radius 2 is 2.33 bits per heavy atom. The summed E-state index contributed by atoms with van der Waals surface area (Å²) >= 11 is 0. The van der Waals surface area contributed by atoms with Crippen molar-refractivity contribution in [1.29, 1.82) is 5.41 Å². The van der Waals surface area contributed by atoms with E-state index in [1.165, 1.54) is 38.4 Å². The molecule has 2 fully saturated rings. The van der Waals surface area contributed by atoms with Crippen molar-refractivity contribution in [2.45, 2.75) is 31.7 Å². The largest absolute Gasteiger partial charge is 0.390 e. The fourth-order valence-corrected chi connectivity index (χ4v) is 3.06. The summed E-state index contributed by atoms with van der Waals surface area (Å²) in [5.74, 6) is 0.961. The second-order valence-corrected chi connectivity index (χ2v) is 4.63. The van der Waals surface area contributed by atoms with Crippen LogP contribution in [-0.2, 0) is 0 Å². The third kappa shape index (κ3) is 2.23. The van der Waals surface area contributed by atoms with Crippen LogP contribution in [0.4, 0.5) is 0 Å². The van der Waals surface area contributed by atoms with Crippen molar-refractivity contribution in [3.63, 3.8) is 0 Å². The molecule has 0 unspecified atom stereocenters. The van der Waals surface area contributed by atoms with Gasteiger partial charge in [-0.25, -0.2) is 0 Å². The Labute approximate surface area is 92.0 Å². The molecule has 3 nitrogen and oxygen atoms in total. The average Bonchev–Trinajstić information content (AvgIpc) is 2.81. The SMILES string of the molecule is CN/C(=C\C=N)CN1CC[C@H]2CCC[C@H]21. The van der Waals surface area contributed by atoms with E-state index in [1.807, 2.05) is 13.1 Å². The molecule has 15 heavy (non-hydrogen) atoms. The fourth-order valence-electron chi connectivity index (χ4n) is 3.06. The van der Waals surface area contributed by atoms with Gasteiger partial charge < -0.3 is 10.7 Å². The van der Waals surface area contributed by atoms with E-state index >= 15 is 0 Å². The Kier molecular flexibility index (Phi) is 3.41. The molecular weight excluding hydrogens is 186 g/mol. The minimum Gasteiger partial charge on any atom is -0.390 e. The zero-order valence-corrected chi connectivity index (χ0v) is 9.50. The first-order valence-corrected chi connectivity index (χ1v) is 5.96. The van der Waals surface area contributed by atoms with E-state index < -0.39 is 0 Å². The third-order valence-corrected chi connectivity index (χ3v) is 3.85. The van der Waals surface area contributed by atoms with Crippen molar-refractivity contribution < 1.29 is 0 Å². The standard InChI is InChI=1S/C12H21N3/c1-14-11(5-7-13)9-15-8-6-10-3-2-4-12(10)15/h5,7,10,12-14H,2-4,6,8-9H2,1H3/b11-5-,13-7?/t10-,12-/m1/s1. The normalized spacial score (nSPS) is 31.7. The number of rotatable bonds is 4. The molecule has 0 radical (unpaired) electrons. The molecule has 0 amide bonds. The predicted octanol–water partition coefficient (Wildman–Crippen LogP) is 1.61. The van der Waals surface area contributed by atoms with Crippen LogP contribution >= 0.6 is 0 Å². The van der Waals surface area contributed by atoms with Crippen molar-refractivity contribution in [3.05, 3.63) is 11.8 Å². The topological polar surface area (TPSA) is 39.1 Å². The summed E-state index contributed by atoms with van der Waals surface area (Å²) in [7, 11) is 1.94. The Morgan fingerprint density at radius 1 is 1.47 bits per heavy atom. The zero-order chi connectivity index (χ0) is 10.7.